The van der Waals surface area contributed by atoms with E-state index in [0.29, 0.717) is 26.2 Å². The van der Waals surface area contributed by atoms with Crippen LogP contribution in [0.4, 0.5) is 4.79 Å². The maximum Gasteiger partial charge on any atom is 0.317 e. The molecule has 0 radical (unpaired) electrons. The number of nitrogens with one attached hydrogen (secondary N) is 2. The van der Waals surface area contributed by atoms with Gasteiger partial charge in [0.25, 0.3) is 0 Å². The number of nitrogens with zero attached hydrogens (tertiary/aromatic N) is 2. The number of carbonyl (C=O) groups is 2. The second kappa shape index (κ2) is 3.62. The minimum atomic E-state index is 0.0161. The Morgan fingerprint density at radius 3 is 2.75 bits per heavy atom. The van der Waals surface area contributed by atoms with E-state index in [1.807, 2.05) is 9.80 Å². The molecule has 6 heteroatoms. The Labute approximate surface area is 93.9 Å². The predicted molar refractivity (Wildman–Crippen MR) is 56.8 cm³/mol. The van der Waals surface area contributed by atoms with E-state index in [0.717, 1.165) is 13.1 Å². The van der Waals surface area contributed by atoms with Crippen molar-refractivity contribution in [3.63, 3.8) is 0 Å². The van der Waals surface area contributed by atoms with Crippen LogP contribution in [0.25, 0.3) is 0 Å². The molecule has 0 aromatic carbocycles. The average molecular weight is 224 g/mol. The largest absolute Gasteiger partial charge is 0.338 e. The number of fused-ring (bicyclic) bond motifs is 1. The summed E-state index contributed by atoms with van der Waals surface area (Å²) < 4.78 is 0. The lowest BCUT2D eigenvalue weighted by atomic mass is 10.0. The topological polar surface area (TPSA) is 64.7 Å². The average Bonchev–Trinajstić information content (AvgIpc) is 2.57. The molecule has 6 nitrogen and oxygen atoms in total. The maximum atomic E-state index is 12.0. The molecule has 88 valence electrons. The van der Waals surface area contributed by atoms with Gasteiger partial charge in [-0.15, -0.1) is 0 Å². The number of urea groups is 1. The number of amides is 3. The molecule has 0 aliphatic carbocycles. The highest BCUT2D eigenvalue weighted by molar-refractivity contribution is 5.81. The van der Waals surface area contributed by atoms with Crippen LogP contribution in [0.2, 0.25) is 0 Å². The van der Waals surface area contributed by atoms with Gasteiger partial charge in [-0.25, -0.2) is 4.79 Å². The van der Waals surface area contributed by atoms with Crippen molar-refractivity contribution >= 4 is 11.9 Å². The van der Waals surface area contributed by atoms with Crippen LogP contribution in [0.3, 0.4) is 0 Å². The first-order chi connectivity index (χ1) is 7.75. The smallest absolute Gasteiger partial charge is 0.317 e. The molecular weight excluding hydrogens is 208 g/mol. The highest BCUT2D eigenvalue weighted by Crippen LogP contribution is 2.17. The molecule has 0 aromatic heterocycles. The highest BCUT2D eigenvalue weighted by Gasteiger charge is 2.39. The first kappa shape index (κ1) is 9.89. The van der Waals surface area contributed by atoms with Gasteiger partial charge in [0.05, 0.1) is 12.0 Å². The summed E-state index contributed by atoms with van der Waals surface area (Å²) in [4.78, 5) is 27.1. The number of hydrogen-bond acceptors (Lipinski definition) is 3. The first-order valence-corrected chi connectivity index (χ1v) is 5.79. The highest BCUT2D eigenvalue weighted by atomic mass is 16.2. The lowest BCUT2D eigenvalue weighted by molar-refractivity contribution is -0.139. The Balaban J connectivity index is 1.63. The van der Waals surface area contributed by atoms with Crippen molar-refractivity contribution in [1.82, 2.24) is 20.4 Å². The van der Waals surface area contributed by atoms with Crippen molar-refractivity contribution in [3.8, 4) is 0 Å². The van der Waals surface area contributed by atoms with E-state index >= 15 is 0 Å². The van der Waals surface area contributed by atoms with Gasteiger partial charge in [0, 0.05) is 39.3 Å². The van der Waals surface area contributed by atoms with Crippen molar-refractivity contribution in [2.75, 3.05) is 39.3 Å². The third-order valence-corrected chi connectivity index (χ3v) is 3.67. The molecule has 3 saturated heterocycles. The van der Waals surface area contributed by atoms with Gasteiger partial charge in [-0.2, -0.15) is 0 Å². The summed E-state index contributed by atoms with van der Waals surface area (Å²) in [5.74, 6) is 0.411. The van der Waals surface area contributed by atoms with Gasteiger partial charge >= 0.3 is 6.03 Å². The van der Waals surface area contributed by atoms with Crippen molar-refractivity contribution in [3.05, 3.63) is 0 Å². The van der Waals surface area contributed by atoms with Crippen LogP contribution in [-0.4, -0.2) is 67.0 Å². The Morgan fingerprint density at radius 1 is 1.25 bits per heavy atom. The van der Waals surface area contributed by atoms with E-state index < -0.39 is 0 Å². The molecule has 1 atom stereocenters. The lowest BCUT2D eigenvalue weighted by Gasteiger charge is -2.39. The van der Waals surface area contributed by atoms with E-state index in [2.05, 4.69) is 10.6 Å². The minimum absolute atomic E-state index is 0.0161. The van der Waals surface area contributed by atoms with Gasteiger partial charge in [0.1, 0.15) is 0 Å². The molecule has 3 aliphatic rings. The SMILES string of the molecule is O=C(C1CNC1)N1CCN2C(=O)NCC2C1. The fourth-order valence-corrected chi connectivity index (χ4v) is 2.53. The van der Waals surface area contributed by atoms with E-state index in [4.69, 9.17) is 0 Å². The van der Waals surface area contributed by atoms with Gasteiger partial charge in [0.2, 0.25) is 5.91 Å². The molecule has 1 unspecified atom stereocenters. The van der Waals surface area contributed by atoms with Crippen LogP contribution in [0.1, 0.15) is 0 Å². The molecule has 3 aliphatic heterocycles. The molecule has 2 N–H and O–H groups in total. The van der Waals surface area contributed by atoms with Gasteiger partial charge in [-0.05, 0) is 0 Å². The molecular formula is C10H16N4O2. The van der Waals surface area contributed by atoms with Crippen molar-refractivity contribution in [1.29, 1.82) is 0 Å². The molecule has 0 bridgehead atoms. The third kappa shape index (κ3) is 1.44. The second-order valence-corrected chi connectivity index (χ2v) is 4.67. The van der Waals surface area contributed by atoms with Crippen molar-refractivity contribution in [2.24, 2.45) is 5.92 Å². The molecule has 0 spiro atoms. The molecule has 3 fully saturated rings. The summed E-state index contributed by atoms with van der Waals surface area (Å²) in [7, 11) is 0. The monoisotopic (exact) mass is 224 g/mol. The molecule has 0 saturated carbocycles. The molecule has 0 aromatic rings. The minimum Gasteiger partial charge on any atom is -0.338 e. The number of rotatable bonds is 1. The lowest BCUT2D eigenvalue weighted by Crippen LogP contribution is -2.59. The fraction of sp³-hybridized carbons (Fsp3) is 0.800. The summed E-state index contributed by atoms with van der Waals surface area (Å²) >= 11 is 0. The van der Waals surface area contributed by atoms with E-state index in [1.54, 1.807) is 0 Å². The molecule has 16 heavy (non-hydrogen) atoms. The van der Waals surface area contributed by atoms with Gasteiger partial charge < -0.3 is 20.4 Å². The van der Waals surface area contributed by atoms with Crippen molar-refractivity contribution < 1.29 is 9.59 Å². The summed E-state index contributed by atoms with van der Waals surface area (Å²) in [6.07, 6.45) is 0. The zero-order chi connectivity index (χ0) is 11.1. The Kier molecular flexibility index (Phi) is 2.24. The fourth-order valence-electron chi connectivity index (χ4n) is 2.53. The van der Waals surface area contributed by atoms with Crippen LogP contribution in [-0.2, 0) is 4.79 Å². The van der Waals surface area contributed by atoms with Crippen LogP contribution in [0.5, 0.6) is 0 Å². The Bertz CT molecular complexity index is 329. The molecule has 3 heterocycles. The van der Waals surface area contributed by atoms with Crippen LogP contribution in [0.15, 0.2) is 0 Å². The molecule has 3 rings (SSSR count). The summed E-state index contributed by atoms with van der Waals surface area (Å²) in [5.41, 5.74) is 0. The van der Waals surface area contributed by atoms with Crippen LogP contribution < -0.4 is 10.6 Å². The first-order valence-electron chi connectivity index (χ1n) is 5.79. The number of piperazine rings is 1. The molecule has 3 amide bonds. The Morgan fingerprint density at radius 2 is 2.06 bits per heavy atom. The van der Waals surface area contributed by atoms with Gasteiger partial charge in [0.15, 0.2) is 0 Å². The Hall–Kier alpha value is -1.30. The van der Waals surface area contributed by atoms with Gasteiger partial charge in [-0.1, -0.05) is 0 Å². The van der Waals surface area contributed by atoms with Crippen LogP contribution in [0, 0.1) is 5.92 Å². The zero-order valence-corrected chi connectivity index (χ0v) is 9.11. The quantitative estimate of drug-likeness (QED) is 0.566. The summed E-state index contributed by atoms with van der Waals surface area (Å²) in [6.45, 7) is 4.32. The van der Waals surface area contributed by atoms with E-state index in [-0.39, 0.29) is 23.9 Å². The normalized spacial score (nSPS) is 29.8. The standard InChI is InChI=1S/C10H16N4O2/c15-9(7-3-11-4-7)13-1-2-14-8(6-13)5-12-10(14)16/h7-8,11H,1-6H2,(H,12,16). The summed E-state index contributed by atoms with van der Waals surface area (Å²) in [6, 6.07) is 0.195. The zero-order valence-electron chi connectivity index (χ0n) is 9.11. The number of carbonyl (C=O) groups excluding carboxylic acids is 2. The maximum absolute atomic E-state index is 12.0. The van der Waals surface area contributed by atoms with Crippen molar-refractivity contribution in [2.45, 2.75) is 6.04 Å². The number of hydrogen-bond donors (Lipinski definition) is 2. The van der Waals surface area contributed by atoms with E-state index in [1.165, 1.54) is 0 Å². The van der Waals surface area contributed by atoms with Gasteiger partial charge in [-0.3, -0.25) is 4.79 Å². The summed E-state index contributed by atoms with van der Waals surface area (Å²) in [5, 5.41) is 5.93. The van der Waals surface area contributed by atoms with E-state index in [9.17, 15) is 9.59 Å². The second-order valence-electron chi connectivity index (χ2n) is 4.67. The third-order valence-electron chi connectivity index (χ3n) is 3.67. The predicted octanol–water partition coefficient (Wildman–Crippen LogP) is -1.56. The van der Waals surface area contributed by atoms with Crippen LogP contribution >= 0.6 is 0 Å².